The van der Waals surface area contributed by atoms with Gasteiger partial charge in [0.05, 0.1) is 17.4 Å². The fourth-order valence-corrected chi connectivity index (χ4v) is 5.48. The minimum atomic E-state index is -0.0834. The molecular weight excluding hydrogens is 366 g/mol. The third-order valence-corrected chi connectivity index (χ3v) is 6.93. The van der Waals surface area contributed by atoms with Crippen LogP contribution in [-0.4, -0.2) is 47.8 Å². The molecule has 1 aromatic heterocycles. The van der Waals surface area contributed by atoms with Crippen molar-refractivity contribution < 1.29 is 9.53 Å². The maximum Gasteiger partial charge on any atom is 0.258 e. The molecule has 1 saturated heterocycles. The van der Waals surface area contributed by atoms with Crippen molar-refractivity contribution in [2.24, 2.45) is 0 Å². The van der Waals surface area contributed by atoms with Crippen LogP contribution in [0.3, 0.4) is 0 Å². The summed E-state index contributed by atoms with van der Waals surface area (Å²) in [5.74, 6) is 0.808. The van der Waals surface area contributed by atoms with Gasteiger partial charge in [-0.3, -0.25) is 10.1 Å². The van der Waals surface area contributed by atoms with Crippen LogP contribution in [0.5, 0.6) is 0 Å². The van der Waals surface area contributed by atoms with Crippen molar-refractivity contribution in [1.82, 2.24) is 9.88 Å². The van der Waals surface area contributed by atoms with Crippen molar-refractivity contribution >= 4 is 34.1 Å². The summed E-state index contributed by atoms with van der Waals surface area (Å²) in [6, 6.07) is 7.78. The molecule has 3 heterocycles. The molecule has 0 saturated carbocycles. The summed E-state index contributed by atoms with van der Waals surface area (Å²) in [6.45, 7) is 2.79. The highest BCUT2D eigenvalue weighted by atomic mass is 32.2. The first-order chi connectivity index (χ1) is 12.7. The molecule has 0 spiro atoms. The number of hydrogen-bond acceptors (Lipinski definition) is 6. The van der Waals surface area contributed by atoms with Gasteiger partial charge >= 0.3 is 0 Å². The fourth-order valence-electron chi connectivity index (χ4n) is 3.28. The van der Waals surface area contributed by atoms with E-state index < -0.39 is 0 Å². The van der Waals surface area contributed by atoms with E-state index in [1.54, 1.807) is 23.1 Å². The number of ether oxygens (including phenoxy) is 1. The van der Waals surface area contributed by atoms with E-state index in [-0.39, 0.29) is 5.91 Å². The van der Waals surface area contributed by atoms with Gasteiger partial charge in [-0.05, 0) is 32.0 Å². The lowest BCUT2D eigenvalue weighted by molar-refractivity contribution is 0.102. The van der Waals surface area contributed by atoms with Gasteiger partial charge in [0.25, 0.3) is 5.91 Å². The number of benzene rings is 1. The van der Waals surface area contributed by atoms with Crippen LogP contribution < -0.4 is 5.32 Å². The number of amides is 1. The second-order valence-corrected chi connectivity index (χ2v) is 8.92. The Kier molecular flexibility index (Phi) is 5.59. The first kappa shape index (κ1) is 18.0. The van der Waals surface area contributed by atoms with Crippen molar-refractivity contribution in [2.75, 3.05) is 31.3 Å². The Morgan fingerprint density at radius 1 is 1.46 bits per heavy atom. The van der Waals surface area contributed by atoms with Crippen LogP contribution in [0.25, 0.3) is 0 Å². The molecule has 1 aromatic carbocycles. The Morgan fingerprint density at radius 2 is 2.35 bits per heavy atom. The van der Waals surface area contributed by atoms with E-state index in [1.807, 2.05) is 24.3 Å². The molecule has 4 rings (SSSR count). The molecule has 1 atom stereocenters. The molecular formula is C19H23N3O2S2. The Balaban J connectivity index is 1.44. The SMILES string of the molecule is CN1CCc2nc(NC(=O)c3ccccc3SCC3CCCO3)sc2C1. The molecule has 26 heavy (non-hydrogen) atoms. The number of rotatable bonds is 5. The number of aromatic nitrogens is 1. The molecule has 1 N–H and O–H groups in total. The Morgan fingerprint density at radius 3 is 3.19 bits per heavy atom. The first-order valence-electron chi connectivity index (χ1n) is 9.01. The van der Waals surface area contributed by atoms with Gasteiger partial charge in [0.15, 0.2) is 5.13 Å². The molecule has 0 aliphatic carbocycles. The third-order valence-electron chi connectivity index (χ3n) is 4.72. The second-order valence-electron chi connectivity index (χ2n) is 6.77. The van der Waals surface area contributed by atoms with Crippen molar-refractivity contribution in [3.05, 3.63) is 40.4 Å². The number of nitrogens with one attached hydrogen (secondary N) is 1. The Bertz CT molecular complexity index is 787. The van der Waals surface area contributed by atoms with Gasteiger partial charge in [-0.15, -0.1) is 23.1 Å². The Labute approximate surface area is 162 Å². The standard InChI is InChI=1S/C19H23N3O2S2/c1-22-9-8-15-17(11-22)26-19(20-15)21-18(23)14-6-2-3-7-16(14)25-12-13-5-4-10-24-13/h2-3,6-7,13H,4-5,8-12H2,1H3,(H,20,21,23). The molecule has 1 fully saturated rings. The average Bonchev–Trinajstić information content (AvgIpc) is 3.29. The van der Waals surface area contributed by atoms with Gasteiger partial charge < -0.3 is 9.64 Å². The molecule has 0 radical (unpaired) electrons. The van der Waals surface area contributed by atoms with Crippen LogP contribution in [0.4, 0.5) is 5.13 Å². The van der Waals surface area contributed by atoms with E-state index >= 15 is 0 Å². The first-order valence-corrected chi connectivity index (χ1v) is 10.8. The van der Waals surface area contributed by atoms with Crippen molar-refractivity contribution in [3.8, 4) is 0 Å². The highest BCUT2D eigenvalue weighted by molar-refractivity contribution is 7.99. The van der Waals surface area contributed by atoms with E-state index in [0.29, 0.717) is 16.8 Å². The lowest BCUT2D eigenvalue weighted by Crippen LogP contribution is -2.25. The highest BCUT2D eigenvalue weighted by Gasteiger charge is 2.21. The monoisotopic (exact) mass is 389 g/mol. The van der Waals surface area contributed by atoms with Crippen LogP contribution >= 0.6 is 23.1 Å². The molecule has 2 aliphatic rings. The summed E-state index contributed by atoms with van der Waals surface area (Å²) in [5, 5.41) is 3.71. The Hall–Kier alpha value is -1.41. The number of thiazole rings is 1. The minimum absolute atomic E-state index is 0.0834. The zero-order valence-corrected chi connectivity index (χ0v) is 16.5. The van der Waals surface area contributed by atoms with Gasteiger partial charge in [0.2, 0.25) is 0 Å². The van der Waals surface area contributed by atoms with Crippen molar-refractivity contribution in [1.29, 1.82) is 0 Å². The average molecular weight is 390 g/mol. The molecule has 138 valence electrons. The maximum atomic E-state index is 12.8. The van der Waals surface area contributed by atoms with E-state index in [4.69, 9.17) is 4.74 Å². The number of carbonyl (C=O) groups excluding carboxylic acids is 1. The van der Waals surface area contributed by atoms with Gasteiger partial charge in [-0.25, -0.2) is 4.98 Å². The summed E-state index contributed by atoms with van der Waals surface area (Å²) in [6.07, 6.45) is 3.50. The highest BCUT2D eigenvalue weighted by Crippen LogP contribution is 2.30. The molecule has 2 aromatic rings. The second kappa shape index (κ2) is 8.08. The lowest BCUT2D eigenvalue weighted by Gasteiger charge is -2.20. The van der Waals surface area contributed by atoms with E-state index in [1.165, 1.54) is 4.88 Å². The van der Waals surface area contributed by atoms with Gasteiger partial charge in [-0.1, -0.05) is 12.1 Å². The lowest BCUT2D eigenvalue weighted by atomic mass is 10.2. The normalized spacial score (nSPS) is 20.1. The predicted octanol–water partition coefficient (Wildman–Crippen LogP) is 3.65. The minimum Gasteiger partial charge on any atom is -0.377 e. The van der Waals surface area contributed by atoms with Gasteiger partial charge in [0.1, 0.15) is 0 Å². The summed E-state index contributed by atoms with van der Waals surface area (Å²) in [5.41, 5.74) is 1.84. The summed E-state index contributed by atoms with van der Waals surface area (Å²) < 4.78 is 5.69. The predicted molar refractivity (Wildman–Crippen MR) is 106 cm³/mol. The third kappa shape index (κ3) is 4.11. The number of likely N-dealkylation sites (N-methyl/N-ethyl adjacent to an activating group) is 1. The van der Waals surface area contributed by atoms with Gasteiger partial charge in [-0.2, -0.15) is 0 Å². The number of thioether (sulfide) groups is 1. The topological polar surface area (TPSA) is 54.5 Å². The van der Waals surface area contributed by atoms with Crippen LogP contribution in [0.2, 0.25) is 0 Å². The molecule has 0 bridgehead atoms. The maximum absolute atomic E-state index is 12.8. The number of hydrogen-bond donors (Lipinski definition) is 1. The molecule has 1 amide bonds. The number of anilines is 1. The smallest absolute Gasteiger partial charge is 0.258 e. The number of fused-ring (bicyclic) bond motifs is 1. The molecule has 5 nitrogen and oxygen atoms in total. The van der Waals surface area contributed by atoms with Crippen LogP contribution in [0.1, 0.15) is 33.8 Å². The van der Waals surface area contributed by atoms with Crippen molar-refractivity contribution in [2.45, 2.75) is 36.8 Å². The fraction of sp³-hybridized carbons (Fsp3) is 0.474. The van der Waals surface area contributed by atoms with Crippen molar-refractivity contribution in [3.63, 3.8) is 0 Å². The zero-order chi connectivity index (χ0) is 17.9. The van der Waals surface area contributed by atoms with E-state index in [9.17, 15) is 4.79 Å². The summed E-state index contributed by atoms with van der Waals surface area (Å²) in [7, 11) is 2.11. The largest absolute Gasteiger partial charge is 0.377 e. The quantitative estimate of drug-likeness (QED) is 0.791. The van der Waals surface area contributed by atoms with Crippen LogP contribution in [-0.2, 0) is 17.7 Å². The number of carbonyl (C=O) groups is 1. The van der Waals surface area contributed by atoms with Gasteiger partial charge in [0, 0.05) is 41.6 Å². The van der Waals surface area contributed by atoms with Crippen LogP contribution in [0, 0.1) is 0 Å². The van der Waals surface area contributed by atoms with Crippen LogP contribution in [0.15, 0.2) is 29.2 Å². The molecule has 7 heteroatoms. The van der Waals surface area contributed by atoms with E-state index in [2.05, 4.69) is 22.2 Å². The summed E-state index contributed by atoms with van der Waals surface area (Å²) >= 11 is 3.29. The number of nitrogens with zero attached hydrogens (tertiary/aromatic N) is 2. The molecule has 1 unspecified atom stereocenters. The molecule has 2 aliphatic heterocycles. The summed E-state index contributed by atoms with van der Waals surface area (Å²) in [4.78, 5) is 22.0. The zero-order valence-electron chi connectivity index (χ0n) is 14.9. The van der Waals surface area contributed by atoms with E-state index in [0.717, 1.165) is 55.3 Å².